The zero-order chi connectivity index (χ0) is 27.1. The summed E-state index contributed by atoms with van der Waals surface area (Å²) in [6.07, 6.45) is 1.68. The van der Waals surface area contributed by atoms with Crippen LogP contribution in [0.15, 0.2) is 48.7 Å². The van der Waals surface area contributed by atoms with E-state index in [0.29, 0.717) is 18.5 Å². The summed E-state index contributed by atoms with van der Waals surface area (Å²) in [6, 6.07) is 11.4. The molecule has 38 heavy (non-hydrogen) atoms. The highest BCUT2D eigenvalue weighted by atomic mass is 35.5. The van der Waals surface area contributed by atoms with Crippen LogP contribution >= 0.6 is 11.6 Å². The van der Waals surface area contributed by atoms with Gasteiger partial charge in [0, 0.05) is 47.2 Å². The maximum atomic E-state index is 14.7. The van der Waals surface area contributed by atoms with Crippen molar-refractivity contribution in [2.24, 2.45) is 5.92 Å². The predicted molar refractivity (Wildman–Crippen MR) is 141 cm³/mol. The number of likely N-dealkylation sites (N-methyl/N-ethyl adjacent to an activating group) is 1. The number of ether oxygens (including phenoxy) is 1. The Labute approximate surface area is 225 Å². The molecule has 1 aliphatic heterocycles. The molecular formula is C28H30ClFN4O4. The third kappa shape index (κ3) is 5.13. The normalized spacial score (nSPS) is 20.9. The molecule has 0 spiro atoms. The summed E-state index contributed by atoms with van der Waals surface area (Å²) in [5.41, 5.74) is 1.61. The third-order valence-corrected chi connectivity index (χ3v) is 7.55. The van der Waals surface area contributed by atoms with Gasteiger partial charge >= 0.3 is 6.09 Å². The lowest BCUT2D eigenvalue weighted by Crippen LogP contribution is -2.45. The first kappa shape index (κ1) is 26.2. The number of rotatable bonds is 8. The summed E-state index contributed by atoms with van der Waals surface area (Å²) in [5, 5.41) is 3.53. The number of para-hydroxylation sites is 1. The number of nitrogens with zero attached hydrogens (tertiary/aromatic N) is 3. The van der Waals surface area contributed by atoms with Gasteiger partial charge in [-0.25, -0.2) is 9.18 Å². The molecule has 2 heterocycles. The summed E-state index contributed by atoms with van der Waals surface area (Å²) < 4.78 is 22.2. The number of piperidine rings is 1. The van der Waals surface area contributed by atoms with Crippen molar-refractivity contribution in [1.82, 2.24) is 19.7 Å². The highest BCUT2D eigenvalue weighted by Crippen LogP contribution is 2.48. The van der Waals surface area contributed by atoms with Crippen LogP contribution in [-0.2, 0) is 16.1 Å². The van der Waals surface area contributed by atoms with E-state index in [0.717, 1.165) is 17.3 Å². The van der Waals surface area contributed by atoms with E-state index in [1.165, 1.54) is 13.0 Å². The third-order valence-electron chi connectivity index (χ3n) is 7.26. The molecule has 5 rings (SSSR count). The Morgan fingerprint density at radius 3 is 2.66 bits per heavy atom. The molecule has 1 aliphatic carbocycles. The number of aromatic nitrogens is 1. The van der Waals surface area contributed by atoms with Crippen LogP contribution < -0.4 is 5.32 Å². The van der Waals surface area contributed by atoms with Gasteiger partial charge in [0.2, 0.25) is 5.91 Å². The van der Waals surface area contributed by atoms with E-state index in [1.54, 1.807) is 27.8 Å². The number of carbonyl (C=O) groups is 3. The first-order valence-corrected chi connectivity index (χ1v) is 13.0. The minimum absolute atomic E-state index is 0.0233. The lowest BCUT2D eigenvalue weighted by molar-refractivity contribution is -0.140. The number of alkyl carbamates (subject to hydrolysis) is 1. The highest BCUT2D eigenvalue weighted by molar-refractivity contribution is 6.30. The molecule has 8 nitrogen and oxygen atoms in total. The van der Waals surface area contributed by atoms with E-state index in [2.05, 4.69) is 5.32 Å². The molecule has 1 saturated heterocycles. The molecule has 0 unspecified atom stereocenters. The van der Waals surface area contributed by atoms with Gasteiger partial charge in [-0.05, 0) is 45.5 Å². The Morgan fingerprint density at radius 2 is 1.92 bits per heavy atom. The fraction of sp³-hybridized carbons (Fsp3) is 0.393. The zero-order valence-electron chi connectivity index (χ0n) is 21.5. The van der Waals surface area contributed by atoms with Gasteiger partial charge in [0.1, 0.15) is 12.4 Å². The average molecular weight is 541 g/mol. The van der Waals surface area contributed by atoms with Crippen LogP contribution in [0.25, 0.3) is 10.9 Å². The summed E-state index contributed by atoms with van der Waals surface area (Å²) >= 11 is 5.97. The molecular weight excluding hydrogens is 511 g/mol. The minimum Gasteiger partial charge on any atom is -0.425 e. The number of hydrogen-bond donors (Lipinski definition) is 1. The van der Waals surface area contributed by atoms with Crippen molar-refractivity contribution in [3.63, 3.8) is 0 Å². The number of nitrogens with one attached hydrogen (secondary N) is 1. The van der Waals surface area contributed by atoms with Crippen molar-refractivity contribution < 1.29 is 23.5 Å². The number of carbonyl (C=O) groups excluding carboxylic acids is 3. The number of fused-ring (bicyclic) bond motifs is 2. The van der Waals surface area contributed by atoms with Crippen LogP contribution in [0.5, 0.6) is 0 Å². The van der Waals surface area contributed by atoms with Crippen LogP contribution in [0.4, 0.5) is 9.18 Å². The molecule has 4 atom stereocenters. The largest absolute Gasteiger partial charge is 0.425 e. The predicted octanol–water partition coefficient (Wildman–Crippen LogP) is 4.61. The maximum absolute atomic E-state index is 14.7. The lowest BCUT2D eigenvalue weighted by Gasteiger charge is -2.29. The second-order valence-corrected chi connectivity index (χ2v) is 10.7. The molecule has 2 fully saturated rings. The molecule has 3 aromatic rings. The SMILES string of the molecule is CC(=O)c1cn(CC(=O)N2[C@@H](OC(=O)N[C@H](CN(C)C)c3cccc(Cl)c3F)C[C@H]3C[C@H]32)c2ccccc12. The van der Waals surface area contributed by atoms with E-state index >= 15 is 0 Å². The molecule has 0 radical (unpaired) electrons. The fourth-order valence-electron chi connectivity index (χ4n) is 5.42. The first-order chi connectivity index (χ1) is 18.1. The van der Waals surface area contributed by atoms with Gasteiger partial charge in [0.05, 0.1) is 11.1 Å². The summed E-state index contributed by atoms with van der Waals surface area (Å²) in [4.78, 5) is 42.1. The first-order valence-electron chi connectivity index (χ1n) is 12.6. The van der Waals surface area contributed by atoms with Gasteiger partial charge in [0.25, 0.3) is 0 Å². The van der Waals surface area contributed by atoms with Gasteiger partial charge in [-0.1, -0.05) is 41.9 Å². The number of likely N-dealkylation sites (tertiary alicyclic amines) is 1. The van der Waals surface area contributed by atoms with E-state index in [9.17, 15) is 18.8 Å². The fourth-order valence-corrected chi connectivity index (χ4v) is 5.61. The Balaban J connectivity index is 1.31. The van der Waals surface area contributed by atoms with Crippen LogP contribution in [0, 0.1) is 11.7 Å². The smallest absolute Gasteiger partial charge is 0.409 e. The number of halogens is 2. The van der Waals surface area contributed by atoms with Crippen LogP contribution in [-0.4, -0.2) is 65.1 Å². The quantitative estimate of drug-likeness (QED) is 0.422. The standard InChI is InChI=1S/C28H30ClFN4O4/c1-16(35)20-13-33(23-10-5-4-7-18(20)23)15-25(36)34-24-11-17(24)12-26(34)38-28(37)31-22(14-32(2)3)19-8-6-9-21(29)27(19)30/h4-10,13,17,22,24,26H,11-12,14-15H2,1-3H3,(H,31,37)/t17-,22-,24-,26+/m1/s1. The van der Waals surface area contributed by atoms with Gasteiger partial charge in [-0.2, -0.15) is 0 Å². The number of amides is 2. The molecule has 0 bridgehead atoms. The lowest BCUT2D eigenvalue weighted by atomic mass is 10.1. The Bertz CT molecular complexity index is 1410. The molecule has 2 aromatic carbocycles. The molecule has 10 heteroatoms. The van der Waals surface area contributed by atoms with Crippen molar-refractivity contribution in [2.45, 2.75) is 44.6 Å². The minimum atomic E-state index is -0.731. The van der Waals surface area contributed by atoms with Gasteiger partial charge in [-0.3, -0.25) is 9.59 Å². The van der Waals surface area contributed by atoms with Crippen molar-refractivity contribution in [1.29, 1.82) is 0 Å². The Hall–Kier alpha value is -3.43. The van der Waals surface area contributed by atoms with E-state index in [-0.39, 0.29) is 40.8 Å². The van der Waals surface area contributed by atoms with E-state index < -0.39 is 24.2 Å². The van der Waals surface area contributed by atoms with Crippen molar-refractivity contribution in [3.05, 3.63) is 70.6 Å². The van der Waals surface area contributed by atoms with Crippen LogP contribution in [0.3, 0.4) is 0 Å². The molecule has 2 aliphatic rings. The molecule has 1 N–H and O–H groups in total. The van der Waals surface area contributed by atoms with Crippen molar-refractivity contribution in [3.8, 4) is 0 Å². The topological polar surface area (TPSA) is 83.9 Å². The van der Waals surface area contributed by atoms with Gasteiger partial charge in [-0.15, -0.1) is 0 Å². The maximum Gasteiger partial charge on any atom is 0.409 e. The van der Waals surface area contributed by atoms with Gasteiger partial charge in [0.15, 0.2) is 12.0 Å². The molecule has 1 aromatic heterocycles. The van der Waals surface area contributed by atoms with Crippen molar-refractivity contribution in [2.75, 3.05) is 20.6 Å². The number of Topliss-reactive ketones (excluding diaryl/α,β-unsaturated/α-hetero) is 1. The van der Waals surface area contributed by atoms with Crippen molar-refractivity contribution >= 4 is 40.3 Å². The van der Waals surface area contributed by atoms with E-state index in [4.69, 9.17) is 16.3 Å². The number of benzene rings is 2. The second-order valence-electron chi connectivity index (χ2n) is 10.3. The summed E-state index contributed by atoms with van der Waals surface area (Å²) in [7, 11) is 3.63. The van der Waals surface area contributed by atoms with Gasteiger partial charge < -0.3 is 24.4 Å². The average Bonchev–Trinajstić information content (AvgIpc) is 3.36. The Kier molecular flexibility index (Phi) is 7.15. The number of hydrogen-bond acceptors (Lipinski definition) is 5. The Morgan fingerprint density at radius 1 is 1.16 bits per heavy atom. The summed E-state index contributed by atoms with van der Waals surface area (Å²) in [5.74, 6) is -0.565. The summed E-state index contributed by atoms with van der Waals surface area (Å²) in [6.45, 7) is 1.85. The zero-order valence-corrected chi connectivity index (χ0v) is 22.2. The molecule has 1 saturated carbocycles. The molecule has 200 valence electrons. The van der Waals surface area contributed by atoms with E-state index in [1.807, 2.05) is 43.3 Å². The molecule has 2 amide bonds. The van der Waals surface area contributed by atoms with Crippen LogP contribution in [0.2, 0.25) is 5.02 Å². The number of ketones is 1. The monoisotopic (exact) mass is 540 g/mol. The van der Waals surface area contributed by atoms with Crippen LogP contribution in [0.1, 0.15) is 41.7 Å². The highest BCUT2D eigenvalue weighted by Gasteiger charge is 2.55. The second kappa shape index (κ2) is 10.4.